The fourth-order valence-electron chi connectivity index (χ4n) is 1.19. The zero-order valence-electron chi connectivity index (χ0n) is 9.04. The SMILES string of the molecule is CC(C)(N)C(=O)c1cccc(OC(F)F)c1. The minimum atomic E-state index is -2.91. The molecular weight excluding hydrogens is 216 g/mol. The van der Waals surface area contributed by atoms with Crippen molar-refractivity contribution < 1.29 is 18.3 Å². The van der Waals surface area contributed by atoms with Crippen LogP contribution in [0.2, 0.25) is 0 Å². The van der Waals surface area contributed by atoms with Crippen LogP contribution < -0.4 is 10.5 Å². The van der Waals surface area contributed by atoms with Gasteiger partial charge in [0.1, 0.15) is 5.75 Å². The Hall–Kier alpha value is -1.49. The summed E-state index contributed by atoms with van der Waals surface area (Å²) in [4.78, 5) is 11.7. The fraction of sp³-hybridized carbons (Fsp3) is 0.364. The van der Waals surface area contributed by atoms with Gasteiger partial charge >= 0.3 is 6.61 Å². The first-order chi connectivity index (χ1) is 7.30. The van der Waals surface area contributed by atoms with Crippen molar-refractivity contribution in [1.82, 2.24) is 0 Å². The number of hydrogen-bond donors (Lipinski definition) is 1. The van der Waals surface area contributed by atoms with E-state index in [1.165, 1.54) is 24.3 Å². The first-order valence-corrected chi connectivity index (χ1v) is 4.69. The van der Waals surface area contributed by atoms with Crippen molar-refractivity contribution in [3.05, 3.63) is 29.8 Å². The first-order valence-electron chi connectivity index (χ1n) is 4.69. The van der Waals surface area contributed by atoms with Crippen LogP contribution in [-0.4, -0.2) is 17.9 Å². The maximum absolute atomic E-state index is 12.0. The largest absolute Gasteiger partial charge is 0.435 e. The van der Waals surface area contributed by atoms with Crippen molar-refractivity contribution in [3.8, 4) is 5.75 Å². The molecule has 0 radical (unpaired) electrons. The molecule has 0 aliphatic rings. The fourth-order valence-corrected chi connectivity index (χ4v) is 1.19. The molecule has 2 N–H and O–H groups in total. The van der Waals surface area contributed by atoms with E-state index >= 15 is 0 Å². The summed E-state index contributed by atoms with van der Waals surface area (Å²) < 4.78 is 28.1. The molecule has 0 heterocycles. The van der Waals surface area contributed by atoms with E-state index < -0.39 is 12.2 Å². The van der Waals surface area contributed by atoms with Crippen LogP contribution in [0, 0.1) is 0 Å². The highest BCUT2D eigenvalue weighted by atomic mass is 19.3. The topological polar surface area (TPSA) is 52.3 Å². The zero-order chi connectivity index (χ0) is 12.3. The van der Waals surface area contributed by atoms with Crippen LogP contribution in [0.1, 0.15) is 24.2 Å². The van der Waals surface area contributed by atoms with Crippen LogP contribution >= 0.6 is 0 Å². The summed E-state index contributed by atoms with van der Waals surface area (Å²) in [5.41, 5.74) is 4.84. The number of carbonyl (C=O) groups excluding carboxylic acids is 1. The minimum absolute atomic E-state index is 0.0508. The van der Waals surface area contributed by atoms with Gasteiger partial charge in [-0.1, -0.05) is 12.1 Å². The second-order valence-corrected chi connectivity index (χ2v) is 3.96. The van der Waals surface area contributed by atoms with Gasteiger partial charge in [-0.25, -0.2) is 0 Å². The summed E-state index contributed by atoms with van der Waals surface area (Å²) in [6.45, 7) is 0.197. The van der Waals surface area contributed by atoms with Gasteiger partial charge in [0.05, 0.1) is 5.54 Å². The molecule has 0 amide bonds. The number of ether oxygens (including phenoxy) is 1. The van der Waals surface area contributed by atoms with Crippen LogP contribution in [0.5, 0.6) is 5.75 Å². The van der Waals surface area contributed by atoms with E-state index in [0.717, 1.165) is 0 Å². The molecule has 1 aromatic rings. The summed E-state index contributed by atoms with van der Waals surface area (Å²) in [6, 6.07) is 5.58. The average molecular weight is 229 g/mol. The van der Waals surface area contributed by atoms with Gasteiger partial charge in [-0.05, 0) is 26.0 Å². The molecular formula is C11H13F2NO2. The maximum Gasteiger partial charge on any atom is 0.387 e. The number of benzene rings is 1. The monoisotopic (exact) mass is 229 g/mol. The lowest BCUT2D eigenvalue weighted by Crippen LogP contribution is -2.41. The lowest BCUT2D eigenvalue weighted by molar-refractivity contribution is -0.0498. The Labute approximate surface area is 92.2 Å². The van der Waals surface area contributed by atoms with Gasteiger partial charge in [0.25, 0.3) is 0 Å². The number of ketones is 1. The van der Waals surface area contributed by atoms with Gasteiger partial charge < -0.3 is 10.5 Å². The number of alkyl halides is 2. The third-order valence-corrected chi connectivity index (χ3v) is 1.91. The summed E-state index contributed by atoms with van der Waals surface area (Å²) >= 11 is 0. The van der Waals surface area contributed by atoms with Crippen molar-refractivity contribution in [1.29, 1.82) is 0 Å². The molecule has 0 bridgehead atoms. The standard InChI is InChI=1S/C11H13F2NO2/c1-11(2,14)9(15)7-4-3-5-8(6-7)16-10(12)13/h3-6,10H,14H2,1-2H3. The van der Waals surface area contributed by atoms with E-state index in [0.29, 0.717) is 0 Å². The number of carbonyl (C=O) groups is 1. The van der Waals surface area contributed by atoms with Crippen LogP contribution in [0.3, 0.4) is 0 Å². The predicted octanol–water partition coefficient (Wildman–Crippen LogP) is 2.21. The van der Waals surface area contributed by atoms with E-state index in [2.05, 4.69) is 4.74 Å². The number of rotatable bonds is 4. The maximum atomic E-state index is 12.0. The lowest BCUT2D eigenvalue weighted by Gasteiger charge is -2.17. The quantitative estimate of drug-likeness (QED) is 0.805. The summed E-state index contributed by atoms with van der Waals surface area (Å²) in [6.07, 6.45) is 0. The van der Waals surface area contributed by atoms with E-state index in [-0.39, 0.29) is 17.1 Å². The molecule has 0 aromatic heterocycles. The van der Waals surface area contributed by atoms with Gasteiger partial charge in [0, 0.05) is 5.56 Å². The van der Waals surface area contributed by atoms with Crippen molar-refractivity contribution in [2.75, 3.05) is 0 Å². The van der Waals surface area contributed by atoms with Crippen molar-refractivity contribution in [2.24, 2.45) is 5.73 Å². The van der Waals surface area contributed by atoms with Gasteiger partial charge in [0.2, 0.25) is 0 Å². The van der Waals surface area contributed by atoms with Crippen molar-refractivity contribution >= 4 is 5.78 Å². The molecule has 3 nitrogen and oxygen atoms in total. The van der Waals surface area contributed by atoms with Gasteiger partial charge in [-0.15, -0.1) is 0 Å². The molecule has 0 spiro atoms. The Morgan fingerprint density at radius 1 is 1.44 bits per heavy atom. The molecule has 1 rings (SSSR count). The van der Waals surface area contributed by atoms with Crippen LogP contribution in [0.25, 0.3) is 0 Å². The smallest absolute Gasteiger partial charge is 0.387 e. The Morgan fingerprint density at radius 3 is 2.56 bits per heavy atom. The number of halogens is 2. The second-order valence-electron chi connectivity index (χ2n) is 3.96. The summed E-state index contributed by atoms with van der Waals surface area (Å²) in [5, 5.41) is 0. The van der Waals surface area contributed by atoms with Crippen LogP contribution in [0.4, 0.5) is 8.78 Å². The number of nitrogens with two attached hydrogens (primary N) is 1. The van der Waals surface area contributed by atoms with E-state index in [1.807, 2.05) is 0 Å². The molecule has 88 valence electrons. The molecule has 0 atom stereocenters. The second kappa shape index (κ2) is 4.57. The average Bonchev–Trinajstić information content (AvgIpc) is 2.14. The molecule has 0 aliphatic heterocycles. The summed E-state index contributed by atoms with van der Waals surface area (Å²) in [5.74, 6) is -0.377. The van der Waals surface area contributed by atoms with Gasteiger partial charge in [-0.2, -0.15) is 8.78 Å². The Kier molecular flexibility index (Phi) is 3.59. The van der Waals surface area contributed by atoms with E-state index in [9.17, 15) is 13.6 Å². The molecule has 1 aromatic carbocycles. The highest BCUT2D eigenvalue weighted by Gasteiger charge is 2.23. The normalized spacial score (nSPS) is 11.6. The molecule has 0 unspecified atom stereocenters. The van der Waals surface area contributed by atoms with Gasteiger partial charge in [0.15, 0.2) is 5.78 Å². The summed E-state index contributed by atoms with van der Waals surface area (Å²) in [7, 11) is 0. The molecule has 0 fully saturated rings. The molecule has 0 aliphatic carbocycles. The molecule has 0 saturated carbocycles. The van der Waals surface area contributed by atoms with Gasteiger partial charge in [-0.3, -0.25) is 4.79 Å². The van der Waals surface area contributed by atoms with Crippen molar-refractivity contribution in [2.45, 2.75) is 26.0 Å². The Balaban J connectivity index is 2.95. The predicted molar refractivity (Wildman–Crippen MR) is 55.7 cm³/mol. The third-order valence-electron chi connectivity index (χ3n) is 1.91. The third kappa shape index (κ3) is 3.27. The van der Waals surface area contributed by atoms with E-state index in [1.54, 1.807) is 13.8 Å². The molecule has 16 heavy (non-hydrogen) atoms. The first kappa shape index (κ1) is 12.6. The lowest BCUT2D eigenvalue weighted by atomic mass is 9.94. The molecule has 0 saturated heterocycles. The van der Waals surface area contributed by atoms with Crippen LogP contribution in [0.15, 0.2) is 24.3 Å². The van der Waals surface area contributed by atoms with Crippen molar-refractivity contribution in [3.63, 3.8) is 0 Å². The highest BCUT2D eigenvalue weighted by molar-refractivity contribution is 6.02. The van der Waals surface area contributed by atoms with E-state index in [4.69, 9.17) is 5.73 Å². The molecule has 5 heteroatoms. The number of Topliss-reactive ketones (excluding diaryl/α,β-unsaturated/α-hetero) is 1. The van der Waals surface area contributed by atoms with Crippen LogP contribution in [-0.2, 0) is 0 Å². The Bertz CT molecular complexity index is 386. The number of hydrogen-bond acceptors (Lipinski definition) is 3. The minimum Gasteiger partial charge on any atom is -0.435 e. The zero-order valence-corrected chi connectivity index (χ0v) is 9.04. The Morgan fingerprint density at radius 2 is 2.06 bits per heavy atom. The highest BCUT2D eigenvalue weighted by Crippen LogP contribution is 2.18.